The van der Waals surface area contributed by atoms with Gasteiger partial charge in [0.1, 0.15) is 5.75 Å². The van der Waals surface area contributed by atoms with E-state index >= 15 is 0 Å². The van der Waals surface area contributed by atoms with Crippen molar-refractivity contribution >= 4 is 23.4 Å². The summed E-state index contributed by atoms with van der Waals surface area (Å²) < 4.78 is 8.58. The molecule has 1 aromatic carbocycles. The van der Waals surface area contributed by atoms with E-state index in [2.05, 4.69) is 20.6 Å². The van der Waals surface area contributed by atoms with E-state index in [0.717, 1.165) is 28.4 Å². The highest BCUT2D eigenvalue weighted by Crippen LogP contribution is 2.27. The van der Waals surface area contributed by atoms with Gasteiger partial charge >= 0.3 is 0 Å². The summed E-state index contributed by atoms with van der Waals surface area (Å²) in [7, 11) is 1.84. The predicted octanol–water partition coefficient (Wildman–Crippen LogP) is 2.53. The molecule has 0 saturated heterocycles. The molecule has 0 bridgehead atoms. The molecule has 0 aliphatic heterocycles. The summed E-state index contributed by atoms with van der Waals surface area (Å²) in [6, 6.07) is 7.46. The van der Waals surface area contributed by atoms with Crippen LogP contribution in [0.1, 0.15) is 25.2 Å². The summed E-state index contributed by atoms with van der Waals surface area (Å²) in [6.07, 6.45) is 0. The lowest BCUT2D eigenvalue weighted by Crippen LogP contribution is -2.24. The molecule has 154 valence electrons. The van der Waals surface area contributed by atoms with Crippen LogP contribution in [0.25, 0.3) is 11.4 Å². The summed E-state index contributed by atoms with van der Waals surface area (Å²) in [5, 5.41) is 15.6. The number of nitrogens with zero attached hydrogens (tertiary/aromatic N) is 5. The number of nitrogen functional groups attached to an aromatic ring is 1. The maximum Gasteiger partial charge on any atom is 0.237 e. The van der Waals surface area contributed by atoms with Gasteiger partial charge in [-0.15, -0.1) is 10.2 Å². The minimum absolute atomic E-state index is 0.153. The third-order valence-electron chi connectivity index (χ3n) is 4.50. The summed E-state index contributed by atoms with van der Waals surface area (Å²) >= 11 is 1.24. The summed E-state index contributed by atoms with van der Waals surface area (Å²) in [6.45, 7) is 8.10. The number of hydrogen-bond donors (Lipinski definition) is 2. The van der Waals surface area contributed by atoms with Gasteiger partial charge in [-0.3, -0.25) is 9.48 Å². The monoisotopic (exact) mass is 415 g/mol. The topological polar surface area (TPSA) is 113 Å². The molecule has 3 N–H and O–H groups in total. The van der Waals surface area contributed by atoms with Crippen LogP contribution < -0.4 is 15.9 Å². The van der Waals surface area contributed by atoms with Crippen molar-refractivity contribution in [1.29, 1.82) is 0 Å². The molecule has 1 amide bonds. The number of carbonyl (C=O) groups excluding carboxylic acids is 1. The highest BCUT2D eigenvalue weighted by Gasteiger charge is 2.22. The normalized spacial score (nSPS) is 12.0. The third-order valence-corrected chi connectivity index (χ3v) is 5.55. The summed E-state index contributed by atoms with van der Waals surface area (Å²) in [4.78, 5) is 12.6. The molecule has 3 aromatic rings. The molecule has 0 unspecified atom stereocenters. The number of benzene rings is 1. The number of anilines is 1. The SMILES string of the molecule is CCOc1ccc(-c2nnc(S[C@@H](C)C(=O)Nc3c(C)nn(C)c3C)n2N)cc1. The van der Waals surface area contributed by atoms with Crippen molar-refractivity contribution in [3.63, 3.8) is 0 Å². The minimum Gasteiger partial charge on any atom is -0.494 e. The Balaban J connectivity index is 1.71. The van der Waals surface area contributed by atoms with Crippen LogP contribution in [0, 0.1) is 13.8 Å². The molecule has 0 spiro atoms. The highest BCUT2D eigenvalue weighted by molar-refractivity contribution is 8.00. The zero-order chi connectivity index (χ0) is 21.1. The zero-order valence-corrected chi connectivity index (χ0v) is 17.9. The molecule has 9 nitrogen and oxygen atoms in total. The fourth-order valence-corrected chi connectivity index (χ4v) is 3.58. The van der Waals surface area contributed by atoms with E-state index in [1.807, 2.05) is 52.1 Å². The maximum absolute atomic E-state index is 12.6. The minimum atomic E-state index is -0.423. The van der Waals surface area contributed by atoms with E-state index in [9.17, 15) is 4.79 Å². The Bertz CT molecular complexity index is 1010. The number of nitrogens with one attached hydrogen (secondary N) is 1. The van der Waals surface area contributed by atoms with Crippen LogP contribution in [-0.4, -0.2) is 42.4 Å². The van der Waals surface area contributed by atoms with Crippen molar-refractivity contribution in [3.8, 4) is 17.1 Å². The number of amides is 1. The number of thioether (sulfide) groups is 1. The lowest BCUT2D eigenvalue weighted by Gasteiger charge is -2.12. The fraction of sp³-hybridized carbons (Fsp3) is 0.368. The molecule has 0 aliphatic rings. The molecule has 0 saturated carbocycles. The van der Waals surface area contributed by atoms with Crippen LogP contribution in [0.2, 0.25) is 0 Å². The van der Waals surface area contributed by atoms with Gasteiger partial charge in [-0.2, -0.15) is 5.10 Å². The van der Waals surface area contributed by atoms with Gasteiger partial charge in [-0.1, -0.05) is 11.8 Å². The molecular weight excluding hydrogens is 390 g/mol. The number of hydrogen-bond acceptors (Lipinski definition) is 7. The quantitative estimate of drug-likeness (QED) is 0.450. The van der Waals surface area contributed by atoms with Crippen molar-refractivity contribution in [2.45, 2.75) is 38.1 Å². The Hall–Kier alpha value is -3.01. The largest absolute Gasteiger partial charge is 0.494 e. The fourth-order valence-electron chi connectivity index (χ4n) is 2.81. The Morgan fingerprint density at radius 2 is 1.97 bits per heavy atom. The molecule has 0 fully saturated rings. The lowest BCUT2D eigenvalue weighted by atomic mass is 10.2. The second kappa shape index (κ2) is 8.56. The van der Waals surface area contributed by atoms with Gasteiger partial charge in [0.15, 0.2) is 5.82 Å². The predicted molar refractivity (Wildman–Crippen MR) is 113 cm³/mol. The van der Waals surface area contributed by atoms with Gasteiger partial charge in [-0.05, 0) is 52.0 Å². The molecule has 10 heteroatoms. The standard InChI is InChI=1S/C19H25N7O2S/c1-6-28-15-9-7-14(8-10-15)17-22-23-19(26(17)20)29-13(4)18(27)21-16-11(2)24-25(5)12(16)3/h7-10,13H,6,20H2,1-5H3,(H,21,27)/t13-/m0/s1. The van der Waals surface area contributed by atoms with Crippen LogP contribution in [0.3, 0.4) is 0 Å². The van der Waals surface area contributed by atoms with Crippen LogP contribution in [0.4, 0.5) is 5.69 Å². The average Bonchev–Trinajstić information content (AvgIpc) is 3.17. The average molecular weight is 416 g/mol. The molecule has 3 rings (SSSR count). The number of aromatic nitrogens is 5. The van der Waals surface area contributed by atoms with Crippen LogP contribution in [0.5, 0.6) is 5.75 Å². The van der Waals surface area contributed by atoms with Crippen LogP contribution in [-0.2, 0) is 11.8 Å². The molecule has 0 radical (unpaired) electrons. The second-order valence-corrected chi connectivity index (χ2v) is 7.86. The number of nitrogens with two attached hydrogens (primary N) is 1. The molecule has 2 heterocycles. The zero-order valence-electron chi connectivity index (χ0n) is 17.1. The van der Waals surface area contributed by atoms with Crippen LogP contribution >= 0.6 is 11.8 Å². The van der Waals surface area contributed by atoms with E-state index < -0.39 is 5.25 Å². The Kier molecular flexibility index (Phi) is 6.12. The number of ether oxygens (including phenoxy) is 1. The second-order valence-electron chi connectivity index (χ2n) is 6.55. The first-order valence-corrected chi connectivity index (χ1v) is 10.1. The highest BCUT2D eigenvalue weighted by atomic mass is 32.2. The van der Waals surface area contributed by atoms with E-state index in [0.29, 0.717) is 17.6 Å². The van der Waals surface area contributed by atoms with Crippen molar-refractivity contribution in [2.75, 3.05) is 17.8 Å². The van der Waals surface area contributed by atoms with Gasteiger partial charge in [-0.25, -0.2) is 4.68 Å². The molecule has 2 aromatic heterocycles. The third kappa shape index (κ3) is 4.37. The van der Waals surface area contributed by atoms with Crippen LogP contribution in [0.15, 0.2) is 29.4 Å². The first-order chi connectivity index (χ1) is 13.8. The van der Waals surface area contributed by atoms with Crippen molar-refractivity contribution < 1.29 is 9.53 Å². The van der Waals surface area contributed by atoms with E-state index in [-0.39, 0.29) is 5.91 Å². The maximum atomic E-state index is 12.6. The van der Waals surface area contributed by atoms with Gasteiger partial charge in [0.05, 0.1) is 28.9 Å². The van der Waals surface area contributed by atoms with Crippen molar-refractivity contribution in [1.82, 2.24) is 24.7 Å². The first-order valence-electron chi connectivity index (χ1n) is 9.23. The van der Waals surface area contributed by atoms with Gasteiger partial charge < -0.3 is 15.9 Å². The Morgan fingerprint density at radius 3 is 2.55 bits per heavy atom. The van der Waals surface area contributed by atoms with E-state index in [1.165, 1.54) is 16.4 Å². The molecule has 0 aliphatic carbocycles. The van der Waals surface area contributed by atoms with Gasteiger partial charge in [0.2, 0.25) is 11.1 Å². The van der Waals surface area contributed by atoms with Gasteiger partial charge in [0.25, 0.3) is 0 Å². The van der Waals surface area contributed by atoms with E-state index in [1.54, 1.807) is 11.6 Å². The van der Waals surface area contributed by atoms with E-state index in [4.69, 9.17) is 10.6 Å². The smallest absolute Gasteiger partial charge is 0.237 e. The van der Waals surface area contributed by atoms with Gasteiger partial charge in [0, 0.05) is 12.6 Å². The Labute approximate surface area is 173 Å². The first kappa shape index (κ1) is 20.7. The number of aryl methyl sites for hydroxylation is 2. The molecule has 29 heavy (non-hydrogen) atoms. The number of rotatable bonds is 7. The van der Waals surface area contributed by atoms with Crippen molar-refractivity contribution in [3.05, 3.63) is 35.7 Å². The summed E-state index contributed by atoms with van der Waals surface area (Å²) in [5.74, 6) is 7.32. The molecule has 1 atom stereocenters. The number of carbonyl (C=O) groups is 1. The Morgan fingerprint density at radius 1 is 1.28 bits per heavy atom. The molecular formula is C19H25N7O2S. The lowest BCUT2D eigenvalue weighted by molar-refractivity contribution is -0.115. The summed E-state index contributed by atoms with van der Waals surface area (Å²) in [5.41, 5.74) is 3.21. The van der Waals surface area contributed by atoms with Crippen molar-refractivity contribution in [2.24, 2.45) is 7.05 Å².